The van der Waals surface area contributed by atoms with Gasteiger partial charge in [0.05, 0.1) is 11.6 Å². The van der Waals surface area contributed by atoms with Gasteiger partial charge in [-0.15, -0.1) is 0 Å². The third-order valence-electron chi connectivity index (χ3n) is 3.73. The first-order valence-electron chi connectivity index (χ1n) is 7.24. The SMILES string of the molecule is Cc1cc(C#N)ccc1COc1ccc(C(C)C)c(C)c1. The van der Waals surface area contributed by atoms with E-state index in [9.17, 15) is 0 Å². The van der Waals surface area contributed by atoms with Crippen LogP contribution in [0.25, 0.3) is 0 Å². The molecule has 2 aromatic carbocycles. The number of aryl methyl sites for hydroxylation is 2. The number of hydrogen-bond acceptors (Lipinski definition) is 2. The summed E-state index contributed by atoms with van der Waals surface area (Å²) < 4.78 is 5.88. The van der Waals surface area contributed by atoms with Crippen molar-refractivity contribution in [1.82, 2.24) is 0 Å². The summed E-state index contributed by atoms with van der Waals surface area (Å²) in [7, 11) is 0. The Bertz CT molecular complexity index is 680. The fraction of sp³-hybridized carbons (Fsp3) is 0.316. The fourth-order valence-electron chi connectivity index (χ4n) is 2.47. The minimum Gasteiger partial charge on any atom is -0.489 e. The van der Waals surface area contributed by atoms with Gasteiger partial charge < -0.3 is 4.74 Å². The van der Waals surface area contributed by atoms with Gasteiger partial charge in [-0.05, 0) is 66.3 Å². The predicted molar refractivity (Wildman–Crippen MR) is 85.5 cm³/mol. The molecule has 0 aliphatic rings. The van der Waals surface area contributed by atoms with Gasteiger partial charge in [0.25, 0.3) is 0 Å². The molecular weight excluding hydrogens is 258 g/mol. The molecule has 0 unspecified atom stereocenters. The van der Waals surface area contributed by atoms with E-state index in [0.29, 0.717) is 18.1 Å². The first kappa shape index (κ1) is 15.1. The Labute approximate surface area is 127 Å². The molecule has 0 bridgehead atoms. The number of nitriles is 1. The van der Waals surface area contributed by atoms with Crippen LogP contribution in [0.5, 0.6) is 5.75 Å². The van der Waals surface area contributed by atoms with Crippen molar-refractivity contribution in [3.05, 3.63) is 64.2 Å². The van der Waals surface area contributed by atoms with E-state index < -0.39 is 0 Å². The maximum absolute atomic E-state index is 8.88. The highest BCUT2D eigenvalue weighted by atomic mass is 16.5. The summed E-state index contributed by atoms with van der Waals surface area (Å²) in [6.45, 7) is 9.05. The van der Waals surface area contributed by atoms with Crippen LogP contribution in [-0.4, -0.2) is 0 Å². The summed E-state index contributed by atoms with van der Waals surface area (Å²) in [5.74, 6) is 1.42. The van der Waals surface area contributed by atoms with E-state index in [0.717, 1.165) is 16.9 Å². The molecular formula is C19H21NO. The van der Waals surface area contributed by atoms with Crippen LogP contribution in [0.1, 0.15) is 47.6 Å². The van der Waals surface area contributed by atoms with Crippen LogP contribution < -0.4 is 4.74 Å². The quantitative estimate of drug-likeness (QED) is 0.799. The van der Waals surface area contributed by atoms with Crippen molar-refractivity contribution in [1.29, 1.82) is 5.26 Å². The van der Waals surface area contributed by atoms with Crippen molar-refractivity contribution in [2.24, 2.45) is 0 Å². The van der Waals surface area contributed by atoms with E-state index in [4.69, 9.17) is 10.00 Å². The van der Waals surface area contributed by atoms with E-state index in [1.54, 1.807) is 0 Å². The predicted octanol–water partition coefficient (Wildman–Crippen LogP) is 4.88. The first-order chi connectivity index (χ1) is 10.0. The van der Waals surface area contributed by atoms with Crippen molar-refractivity contribution in [3.63, 3.8) is 0 Å². The van der Waals surface area contributed by atoms with Gasteiger partial charge in [-0.1, -0.05) is 26.0 Å². The normalized spacial score (nSPS) is 10.5. The molecule has 0 N–H and O–H groups in total. The van der Waals surface area contributed by atoms with Crippen LogP contribution in [0.4, 0.5) is 0 Å². The Kier molecular flexibility index (Phi) is 4.65. The second kappa shape index (κ2) is 6.45. The van der Waals surface area contributed by atoms with E-state index in [1.807, 2.05) is 31.2 Å². The van der Waals surface area contributed by atoms with E-state index >= 15 is 0 Å². The molecule has 0 aliphatic carbocycles. The van der Waals surface area contributed by atoms with E-state index in [1.165, 1.54) is 11.1 Å². The van der Waals surface area contributed by atoms with E-state index in [2.05, 4.69) is 39.0 Å². The number of ether oxygens (including phenoxy) is 1. The Balaban J connectivity index is 2.10. The standard InChI is InChI=1S/C19H21NO/c1-13(2)19-8-7-18(10-15(19)4)21-12-17-6-5-16(11-20)9-14(17)3/h5-10,13H,12H2,1-4H3. The average molecular weight is 279 g/mol. The Morgan fingerprint density at radius 2 is 1.81 bits per heavy atom. The minimum atomic E-state index is 0.526. The van der Waals surface area contributed by atoms with Crippen molar-refractivity contribution in [3.8, 4) is 11.8 Å². The summed E-state index contributed by atoms with van der Waals surface area (Å²) in [5.41, 5.74) is 5.51. The lowest BCUT2D eigenvalue weighted by molar-refractivity contribution is 0.305. The van der Waals surface area contributed by atoms with Crippen molar-refractivity contribution < 1.29 is 4.74 Å². The summed E-state index contributed by atoms with van der Waals surface area (Å²) in [4.78, 5) is 0. The van der Waals surface area contributed by atoms with Gasteiger partial charge in [0, 0.05) is 0 Å². The molecule has 0 fully saturated rings. The molecule has 0 saturated carbocycles. The van der Waals surface area contributed by atoms with Gasteiger partial charge in [0.1, 0.15) is 12.4 Å². The largest absolute Gasteiger partial charge is 0.489 e. The van der Waals surface area contributed by atoms with Crippen LogP contribution in [0.15, 0.2) is 36.4 Å². The molecule has 0 heterocycles. The molecule has 0 spiro atoms. The molecule has 0 amide bonds. The molecule has 2 heteroatoms. The molecule has 2 rings (SSSR count). The number of rotatable bonds is 4. The van der Waals surface area contributed by atoms with Gasteiger partial charge >= 0.3 is 0 Å². The smallest absolute Gasteiger partial charge is 0.120 e. The second-order valence-corrected chi connectivity index (χ2v) is 5.71. The van der Waals surface area contributed by atoms with Crippen molar-refractivity contribution >= 4 is 0 Å². The zero-order valence-corrected chi connectivity index (χ0v) is 13.1. The summed E-state index contributed by atoms with van der Waals surface area (Å²) in [6, 6.07) is 14.1. The maximum Gasteiger partial charge on any atom is 0.120 e. The molecule has 0 aromatic heterocycles. The van der Waals surface area contributed by atoms with Gasteiger partial charge in [-0.25, -0.2) is 0 Å². The molecule has 0 atom stereocenters. The highest BCUT2D eigenvalue weighted by Crippen LogP contribution is 2.24. The fourth-order valence-corrected chi connectivity index (χ4v) is 2.47. The third-order valence-corrected chi connectivity index (χ3v) is 3.73. The lowest BCUT2D eigenvalue weighted by atomic mass is 9.98. The zero-order valence-electron chi connectivity index (χ0n) is 13.1. The molecule has 0 aliphatic heterocycles. The summed E-state index contributed by atoms with van der Waals surface area (Å²) in [5, 5.41) is 8.88. The van der Waals surface area contributed by atoms with Gasteiger partial charge in [-0.2, -0.15) is 5.26 Å². The van der Waals surface area contributed by atoms with Crippen molar-refractivity contribution in [2.45, 2.75) is 40.2 Å². The topological polar surface area (TPSA) is 33.0 Å². The highest BCUT2D eigenvalue weighted by Gasteiger charge is 2.06. The number of hydrogen-bond donors (Lipinski definition) is 0. The van der Waals surface area contributed by atoms with Crippen LogP contribution >= 0.6 is 0 Å². The number of nitrogens with zero attached hydrogens (tertiary/aromatic N) is 1. The zero-order chi connectivity index (χ0) is 15.4. The summed E-state index contributed by atoms with van der Waals surface area (Å²) in [6.07, 6.45) is 0. The van der Waals surface area contributed by atoms with Gasteiger partial charge in [0.15, 0.2) is 0 Å². The van der Waals surface area contributed by atoms with Crippen LogP contribution in [0.3, 0.4) is 0 Å². The molecule has 0 saturated heterocycles. The summed E-state index contributed by atoms with van der Waals surface area (Å²) >= 11 is 0. The highest BCUT2D eigenvalue weighted by molar-refractivity contribution is 5.39. The molecule has 2 aromatic rings. The Hall–Kier alpha value is -2.27. The molecule has 0 radical (unpaired) electrons. The van der Waals surface area contributed by atoms with Crippen LogP contribution in [-0.2, 0) is 6.61 Å². The first-order valence-corrected chi connectivity index (χ1v) is 7.24. The van der Waals surface area contributed by atoms with Gasteiger partial charge in [0.2, 0.25) is 0 Å². The molecule has 108 valence electrons. The third kappa shape index (κ3) is 3.64. The number of benzene rings is 2. The van der Waals surface area contributed by atoms with Crippen LogP contribution in [0.2, 0.25) is 0 Å². The molecule has 2 nitrogen and oxygen atoms in total. The van der Waals surface area contributed by atoms with Crippen LogP contribution in [0, 0.1) is 25.2 Å². The Morgan fingerprint density at radius 3 is 2.38 bits per heavy atom. The Morgan fingerprint density at radius 1 is 1.05 bits per heavy atom. The van der Waals surface area contributed by atoms with E-state index in [-0.39, 0.29) is 0 Å². The lowest BCUT2D eigenvalue weighted by Crippen LogP contribution is -1.99. The lowest BCUT2D eigenvalue weighted by Gasteiger charge is -2.13. The average Bonchev–Trinajstić information content (AvgIpc) is 2.45. The monoisotopic (exact) mass is 279 g/mol. The maximum atomic E-state index is 8.88. The molecule has 21 heavy (non-hydrogen) atoms. The minimum absolute atomic E-state index is 0.526. The van der Waals surface area contributed by atoms with Gasteiger partial charge in [-0.3, -0.25) is 0 Å². The second-order valence-electron chi connectivity index (χ2n) is 5.71. The van der Waals surface area contributed by atoms with Crippen molar-refractivity contribution in [2.75, 3.05) is 0 Å².